The quantitative estimate of drug-likeness (QED) is 0.831. The Kier molecular flexibility index (Phi) is 4.74. The van der Waals surface area contributed by atoms with Gasteiger partial charge in [0.05, 0.1) is 6.04 Å². The zero-order valence-corrected chi connectivity index (χ0v) is 11.4. The zero-order valence-electron chi connectivity index (χ0n) is 11.4. The topological polar surface area (TPSA) is 71.2 Å². The predicted octanol–water partition coefficient (Wildman–Crippen LogP) is 1.04. The molecular weight excluding hydrogens is 240 g/mol. The maximum absolute atomic E-state index is 11.6. The van der Waals surface area contributed by atoms with Crippen molar-refractivity contribution in [1.29, 1.82) is 0 Å². The van der Waals surface area contributed by atoms with Gasteiger partial charge in [-0.3, -0.25) is 4.79 Å². The van der Waals surface area contributed by atoms with Crippen LogP contribution in [0.15, 0.2) is 18.3 Å². The van der Waals surface area contributed by atoms with E-state index < -0.39 is 6.04 Å². The molecule has 1 atom stereocenters. The van der Waals surface area contributed by atoms with E-state index in [9.17, 15) is 4.79 Å². The Balaban J connectivity index is 1.86. The van der Waals surface area contributed by atoms with Crippen molar-refractivity contribution in [2.24, 2.45) is 5.73 Å². The van der Waals surface area contributed by atoms with Gasteiger partial charge in [0.25, 0.3) is 0 Å². The van der Waals surface area contributed by atoms with E-state index in [1.807, 2.05) is 25.3 Å². The van der Waals surface area contributed by atoms with Crippen LogP contribution >= 0.6 is 0 Å². The Bertz CT molecular complexity index is 412. The molecule has 0 spiro atoms. The number of nitrogens with zero attached hydrogens (tertiary/aromatic N) is 2. The van der Waals surface area contributed by atoms with Crippen LogP contribution in [0.25, 0.3) is 0 Å². The van der Waals surface area contributed by atoms with E-state index in [1.54, 1.807) is 0 Å². The molecule has 19 heavy (non-hydrogen) atoms. The first-order valence-electron chi connectivity index (χ1n) is 6.94. The lowest BCUT2D eigenvalue weighted by molar-refractivity contribution is -0.122. The van der Waals surface area contributed by atoms with Crippen molar-refractivity contribution >= 4 is 11.7 Å². The van der Waals surface area contributed by atoms with Crippen molar-refractivity contribution in [3.8, 4) is 0 Å². The molecule has 1 fully saturated rings. The van der Waals surface area contributed by atoms with E-state index in [1.165, 1.54) is 12.8 Å². The highest BCUT2D eigenvalue weighted by atomic mass is 16.2. The highest BCUT2D eigenvalue weighted by Gasteiger charge is 2.13. The molecule has 1 saturated heterocycles. The molecule has 0 aliphatic carbocycles. The first-order chi connectivity index (χ1) is 9.20. The van der Waals surface area contributed by atoms with Gasteiger partial charge in [-0.2, -0.15) is 0 Å². The summed E-state index contributed by atoms with van der Waals surface area (Å²) in [6.45, 7) is 4.57. The third kappa shape index (κ3) is 3.67. The van der Waals surface area contributed by atoms with E-state index in [-0.39, 0.29) is 5.91 Å². The highest BCUT2D eigenvalue weighted by molar-refractivity contribution is 5.81. The Morgan fingerprint density at radius 3 is 2.79 bits per heavy atom. The summed E-state index contributed by atoms with van der Waals surface area (Å²) in [7, 11) is 0. The number of amides is 1. The first-order valence-corrected chi connectivity index (χ1v) is 6.94. The number of anilines is 1. The summed E-state index contributed by atoms with van der Waals surface area (Å²) in [6, 6.07) is 3.61. The van der Waals surface area contributed by atoms with E-state index in [0.29, 0.717) is 13.0 Å². The summed E-state index contributed by atoms with van der Waals surface area (Å²) in [6.07, 6.45) is 4.96. The molecule has 0 unspecified atom stereocenters. The summed E-state index contributed by atoms with van der Waals surface area (Å²) in [5.41, 5.74) is 6.65. The van der Waals surface area contributed by atoms with Crippen molar-refractivity contribution in [2.75, 3.05) is 18.0 Å². The maximum Gasteiger partial charge on any atom is 0.237 e. The fourth-order valence-electron chi connectivity index (χ4n) is 2.16. The number of hydrogen-bond donors (Lipinski definition) is 2. The van der Waals surface area contributed by atoms with Crippen molar-refractivity contribution in [1.82, 2.24) is 10.3 Å². The number of nitrogens with one attached hydrogen (secondary N) is 1. The van der Waals surface area contributed by atoms with E-state index in [0.717, 1.165) is 24.5 Å². The molecule has 2 heterocycles. The predicted molar refractivity (Wildman–Crippen MR) is 75.8 cm³/mol. The second-order valence-corrected chi connectivity index (χ2v) is 4.95. The highest BCUT2D eigenvalue weighted by Crippen LogP contribution is 2.17. The molecule has 1 aromatic rings. The number of pyridine rings is 1. The summed E-state index contributed by atoms with van der Waals surface area (Å²) in [5.74, 6) is 0.920. The van der Waals surface area contributed by atoms with Crippen LogP contribution in [0.1, 0.15) is 31.7 Å². The molecule has 5 nitrogen and oxygen atoms in total. The van der Waals surface area contributed by atoms with Gasteiger partial charge in [0, 0.05) is 25.8 Å². The van der Waals surface area contributed by atoms with Gasteiger partial charge in [-0.05, 0) is 30.9 Å². The maximum atomic E-state index is 11.6. The van der Waals surface area contributed by atoms with E-state index in [4.69, 9.17) is 5.73 Å². The SMILES string of the molecule is CC[C@H](N)C(=O)NCc1ccc(N2CCCC2)nc1. The molecule has 2 rings (SSSR count). The normalized spacial score (nSPS) is 16.4. The number of aromatic nitrogens is 1. The zero-order chi connectivity index (χ0) is 13.7. The molecule has 0 aromatic carbocycles. The van der Waals surface area contributed by atoms with Gasteiger partial charge in [-0.25, -0.2) is 4.98 Å². The Morgan fingerprint density at radius 2 is 2.21 bits per heavy atom. The minimum absolute atomic E-state index is 0.105. The molecular formula is C14H22N4O. The molecule has 0 radical (unpaired) electrons. The summed E-state index contributed by atoms with van der Waals surface area (Å²) < 4.78 is 0. The molecule has 0 bridgehead atoms. The Hall–Kier alpha value is -1.62. The van der Waals surface area contributed by atoms with Gasteiger partial charge in [-0.1, -0.05) is 13.0 Å². The molecule has 1 aliphatic rings. The third-order valence-electron chi connectivity index (χ3n) is 3.48. The molecule has 1 aromatic heterocycles. The Morgan fingerprint density at radius 1 is 1.47 bits per heavy atom. The van der Waals surface area contributed by atoms with Crippen molar-refractivity contribution in [3.63, 3.8) is 0 Å². The summed E-state index contributed by atoms with van der Waals surface area (Å²) >= 11 is 0. The second kappa shape index (κ2) is 6.52. The standard InChI is InChI=1S/C14H22N4O/c1-2-12(15)14(19)17-10-11-5-6-13(16-9-11)18-7-3-4-8-18/h5-6,9,12H,2-4,7-8,10,15H2,1H3,(H,17,19)/t12-/m0/s1. The van der Waals surface area contributed by atoms with Crippen molar-refractivity contribution < 1.29 is 4.79 Å². The first kappa shape index (κ1) is 13.8. The van der Waals surface area contributed by atoms with Crippen LogP contribution in [0.3, 0.4) is 0 Å². The summed E-state index contributed by atoms with van der Waals surface area (Å²) in [5, 5.41) is 2.82. The average Bonchev–Trinajstić information content (AvgIpc) is 2.98. The number of carbonyl (C=O) groups is 1. The minimum Gasteiger partial charge on any atom is -0.357 e. The van der Waals surface area contributed by atoms with Gasteiger partial charge in [0.15, 0.2) is 0 Å². The number of nitrogens with two attached hydrogens (primary N) is 1. The number of carbonyl (C=O) groups excluding carboxylic acids is 1. The third-order valence-corrected chi connectivity index (χ3v) is 3.48. The summed E-state index contributed by atoms with van der Waals surface area (Å²) in [4.78, 5) is 18.3. The van der Waals surface area contributed by atoms with E-state index >= 15 is 0 Å². The van der Waals surface area contributed by atoms with Gasteiger partial charge in [-0.15, -0.1) is 0 Å². The smallest absolute Gasteiger partial charge is 0.237 e. The van der Waals surface area contributed by atoms with Crippen LogP contribution in [0.4, 0.5) is 5.82 Å². The fraction of sp³-hybridized carbons (Fsp3) is 0.571. The van der Waals surface area contributed by atoms with Crippen LogP contribution in [-0.4, -0.2) is 30.0 Å². The van der Waals surface area contributed by atoms with Crippen LogP contribution in [0.5, 0.6) is 0 Å². The largest absolute Gasteiger partial charge is 0.357 e. The van der Waals surface area contributed by atoms with Crippen molar-refractivity contribution in [3.05, 3.63) is 23.9 Å². The number of hydrogen-bond acceptors (Lipinski definition) is 4. The molecule has 5 heteroatoms. The van der Waals surface area contributed by atoms with Gasteiger partial charge >= 0.3 is 0 Å². The van der Waals surface area contributed by atoms with Gasteiger partial charge in [0.2, 0.25) is 5.91 Å². The molecule has 3 N–H and O–H groups in total. The van der Waals surface area contributed by atoms with Crippen LogP contribution < -0.4 is 16.0 Å². The Labute approximate surface area is 114 Å². The average molecular weight is 262 g/mol. The fourth-order valence-corrected chi connectivity index (χ4v) is 2.16. The van der Waals surface area contributed by atoms with Crippen LogP contribution in [-0.2, 0) is 11.3 Å². The second-order valence-electron chi connectivity index (χ2n) is 4.95. The van der Waals surface area contributed by atoms with E-state index in [2.05, 4.69) is 15.2 Å². The van der Waals surface area contributed by atoms with Gasteiger partial charge < -0.3 is 16.0 Å². The molecule has 104 valence electrons. The lowest BCUT2D eigenvalue weighted by atomic mass is 10.2. The minimum atomic E-state index is -0.420. The molecule has 1 amide bonds. The van der Waals surface area contributed by atoms with Gasteiger partial charge in [0.1, 0.15) is 5.82 Å². The van der Waals surface area contributed by atoms with Crippen LogP contribution in [0, 0.1) is 0 Å². The lowest BCUT2D eigenvalue weighted by Gasteiger charge is -2.16. The van der Waals surface area contributed by atoms with Crippen molar-refractivity contribution in [2.45, 2.75) is 38.8 Å². The number of rotatable bonds is 5. The molecule has 0 saturated carbocycles. The van der Waals surface area contributed by atoms with Crippen LogP contribution in [0.2, 0.25) is 0 Å². The monoisotopic (exact) mass is 262 g/mol. The molecule has 1 aliphatic heterocycles. The lowest BCUT2D eigenvalue weighted by Crippen LogP contribution is -2.39.